The first-order chi connectivity index (χ1) is 15.0. The Morgan fingerprint density at radius 1 is 1.09 bits per heavy atom. The van der Waals surface area contributed by atoms with Gasteiger partial charge in [0.25, 0.3) is 0 Å². The van der Waals surface area contributed by atoms with Crippen LogP contribution < -0.4 is 0 Å². The zero-order valence-corrected chi connectivity index (χ0v) is 17.0. The zero-order chi connectivity index (χ0) is 23.3. The van der Waals surface area contributed by atoms with E-state index in [0.29, 0.717) is 17.1 Å². The summed E-state index contributed by atoms with van der Waals surface area (Å²) in [6.45, 7) is 2.92. The quantitative estimate of drug-likeness (QED) is 0.458. The molecule has 168 valence electrons. The van der Waals surface area contributed by atoms with Gasteiger partial charge in [-0.2, -0.15) is 23.4 Å². The second kappa shape index (κ2) is 7.66. The van der Waals surface area contributed by atoms with Crippen molar-refractivity contribution in [2.45, 2.75) is 38.2 Å². The molecule has 0 saturated carbocycles. The van der Waals surface area contributed by atoms with Gasteiger partial charge in [0.1, 0.15) is 29.9 Å². The van der Waals surface area contributed by atoms with Crippen molar-refractivity contribution in [2.75, 3.05) is 0 Å². The van der Waals surface area contributed by atoms with Gasteiger partial charge >= 0.3 is 6.18 Å². The molecule has 32 heavy (non-hydrogen) atoms. The predicted molar refractivity (Wildman–Crippen MR) is 104 cm³/mol. The van der Waals surface area contributed by atoms with Gasteiger partial charge in [-0.25, -0.2) is 18.4 Å². The van der Waals surface area contributed by atoms with E-state index in [0.717, 1.165) is 24.3 Å². The largest absolute Gasteiger partial charge is 0.416 e. The Kier molecular flexibility index (Phi) is 5.24. The number of aryl methyl sites for hydroxylation is 1. The Labute approximate surface area is 178 Å². The Balaban J connectivity index is 1.86. The van der Waals surface area contributed by atoms with Crippen LogP contribution in [0.4, 0.5) is 22.0 Å². The second-order valence-corrected chi connectivity index (χ2v) is 7.58. The molecule has 2 aromatic heterocycles. The second-order valence-electron chi connectivity index (χ2n) is 7.58. The third-order valence-corrected chi connectivity index (χ3v) is 5.60. The number of aliphatic hydroxyl groups is 1. The SMILES string of the molecule is Cc1c2ccc(C(F)(F)F)cc2nn1[C@H](C)[C@](O)(Cn1cncn1)c1ccc(F)cc1F. The van der Waals surface area contributed by atoms with Crippen molar-refractivity contribution in [2.24, 2.45) is 0 Å². The number of alkyl halides is 3. The lowest BCUT2D eigenvalue weighted by Gasteiger charge is -2.35. The van der Waals surface area contributed by atoms with E-state index in [1.165, 1.54) is 28.1 Å². The monoisotopic (exact) mass is 451 g/mol. The van der Waals surface area contributed by atoms with Gasteiger partial charge in [-0.3, -0.25) is 4.68 Å². The number of nitrogens with zero attached hydrogens (tertiary/aromatic N) is 5. The number of fused-ring (bicyclic) bond motifs is 1. The van der Waals surface area contributed by atoms with Crippen LogP contribution in [-0.2, 0) is 18.3 Å². The molecule has 0 unspecified atom stereocenters. The molecule has 2 heterocycles. The van der Waals surface area contributed by atoms with Crippen LogP contribution >= 0.6 is 0 Å². The lowest BCUT2D eigenvalue weighted by molar-refractivity contribution is -0.137. The summed E-state index contributed by atoms with van der Waals surface area (Å²) in [6.07, 6.45) is -1.98. The first-order valence-corrected chi connectivity index (χ1v) is 9.57. The van der Waals surface area contributed by atoms with Crippen LogP contribution in [0.3, 0.4) is 0 Å². The third kappa shape index (κ3) is 3.72. The van der Waals surface area contributed by atoms with Crippen molar-refractivity contribution in [3.05, 3.63) is 77.5 Å². The van der Waals surface area contributed by atoms with E-state index in [9.17, 15) is 27.1 Å². The van der Waals surface area contributed by atoms with Crippen molar-refractivity contribution in [3.8, 4) is 0 Å². The van der Waals surface area contributed by atoms with Crippen LogP contribution in [0.25, 0.3) is 10.9 Å². The summed E-state index contributed by atoms with van der Waals surface area (Å²) in [7, 11) is 0. The molecule has 2 aromatic carbocycles. The Morgan fingerprint density at radius 3 is 2.47 bits per heavy atom. The minimum Gasteiger partial charge on any atom is -0.381 e. The molecule has 0 bridgehead atoms. The molecule has 0 aliphatic rings. The summed E-state index contributed by atoms with van der Waals surface area (Å²) in [4.78, 5) is 3.81. The summed E-state index contributed by atoms with van der Waals surface area (Å²) in [5.74, 6) is -1.80. The molecule has 0 aliphatic carbocycles. The fourth-order valence-electron chi connectivity index (χ4n) is 3.83. The summed E-state index contributed by atoms with van der Waals surface area (Å²) in [5, 5.41) is 20.4. The van der Waals surface area contributed by atoms with Gasteiger partial charge in [0, 0.05) is 22.7 Å². The lowest BCUT2D eigenvalue weighted by Crippen LogP contribution is -2.41. The summed E-state index contributed by atoms with van der Waals surface area (Å²) in [6, 6.07) is 4.98. The van der Waals surface area contributed by atoms with Gasteiger partial charge in [0.15, 0.2) is 0 Å². The molecule has 11 heteroatoms. The lowest BCUT2D eigenvalue weighted by atomic mass is 9.86. The molecule has 0 spiro atoms. The maximum Gasteiger partial charge on any atom is 0.416 e. The van der Waals surface area contributed by atoms with E-state index in [1.54, 1.807) is 13.8 Å². The van der Waals surface area contributed by atoms with Gasteiger partial charge in [-0.15, -0.1) is 0 Å². The van der Waals surface area contributed by atoms with Crippen LogP contribution in [-0.4, -0.2) is 29.7 Å². The van der Waals surface area contributed by atoms with Crippen LogP contribution in [0.1, 0.15) is 29.8 Å². The summed E-state index contributed by atoms with van der Waals surface area (Å²) in [5.41, 5.74) is -2.51. The van der Waals surface area contributed by atoms with Crippen LogP contribution in [0.15, 0.2) is 49.1 Å². The number of aromatic nitrogens is 5. The molecule has 0 fully saturated rings. The van der Waals surface area contributed by atoms with E-state index in [-0.39, 0.29) is 17.6 Å². The predicted octanol–water partition coefficient (Wildman–Crippen LogP) is 4.38. The zero-order valence-electron chi connectivity index (χ0n) is 17.0. The van der Waals surface area contributed by atoms with E-state index < -0.39 is 35.0 Å². The van der Waals surface area contributed by atoms with E-state index >= 15 is 0 Å². The number of benzene rings is 2. The molecule has 0 saturated heterocycles. The van der Waals surface area contributed by atoms with E-state index in [4.69, 9.17) is 0 Å². The van der Waals surface area contributed by atoms with Crippen molar-refractivity contribution in [3.63, 3.8) is 0 Å². The molecular weight excluding hydrogens is 433 g/mol. The van der Waals surface area contributed by atoms with Crippen molar-refractivity contribution < 1.29 is 27.1 Å². The molecular formula is C21H18F5N5O. The van der Waals surface area contributed by atoms with E-state index in [1.807, 2.05) is 0 Å². The van der Waals surface area contributed by atoms with Gasteiger partial charge in [0.05, 0.1) is 23.7 Å². The molecule has 4 rings (SSSR count). The fraction of sp³-hybridized carbons (Fsp3) is 0.286. The van der Waals surface area contributed by atoms with Crippen LogP contribution in [0.2, 0.25) is 0 Å². The first-order valence-electron chi connectivity index (χ1n) is 9.57. The first kappa shape index (κ1) is 21.9. The number of hydrogen-bond donors (Lipinski definition) is 1. The van der Waals surface area contributed by atoms with Crippen LogP contribution in [0, 0.1) is 18.6 Å². The fourth-order valence-corrected chi connectivity index (χ4v) is 3.83. The molecule has 2 atom stereocenters. The number of rotatable bonds is 5. The maximum atomic E-state index is 14.7. The van der Waals surface area contributed by atoms with Crippen molar-refractivity contribution >= 4 is 10.9 Å². The minimum atomic E-state index is -4.54. The minimum absolute atomic E-state index is 0.0758. The highest BCUT2D eigenvalue weighted by atomic mass is 19.4. The van der Waals surface area contributed by atoms with E-state index in [2.05, 4.69) is 15.2 Å². The van der Waals surface area contributed by atoms with Gasteiger partial charge in [-0.05, 0) is 32.0 Å². The smallest absolute Gasteiger partial charge is 0.381 e. The third-order valence-electron chi connectivity index (χ3n) is 5.60. The number of halogens is 5. The summed E-state index contributed by atoms with van der Waals surface area (Å²) < 4.78 is 70.2. The molecule has 0 radical (unpaired) electrons. The molecule has 6 nitrogen and oxygen atoms in total. The molecule has 4 aromatic rings. The van der Waals surface area contributed by atoms with Gasteiger partial charge in [0.2, 0.25) is 0 Å². The Hall–Kier alpha value is -3.34. The maximum absolute atomic E-state index is 14.7. The standard InChI is InChI=1S/C21H18F5N5O/c1-12-16-5-3-14(21(24,25)26)7-19(16)29-31(12)13(2)20(32,9-30-11-27-10-28-30)17-6-4-15(22)8-18(17)23/h3-8,10-11,13,32H,9H2,1-2H3/t13-,20-/m1/s1. The summed E-state index contributed by atoms with van der Waals surface area (Å²) >= 11 is 0. The normalized spacial score (nSPS) is 15.1. The van der Waals surface area contributed by atoms with Gasteiger partial charge < -0.3 is 5.11 Å². The van der Waals surface area contributed by atoms with Crippen molar-refractivity contribution in [1.29, 1.82) is 0 Å². The average molecular weight is 451 g/mol. The average Bonchev–Trinajstić information content (AvgIpc) is 3.34. The number of hydrogen-bond acceptors (Lipinski definition) is 4. The topological polar surface area (TPSA) is 68.8 Å². The molecule has 1 N–H and O–H groups in total. The highest BCUT2D eigenvalue weighted by molar-refractivity contribution is 5.82. The Bertz CT molecular complexity index is 1270. The van der Waals surface area contributed by atoms with Crippen molar-refractivity contribution in [1.82, 2.24) is 24.5 Å². The molecule has 0 amide bonds. The van der Waals surface area contributed by atoms with Crippen LogP contribution in [0.5, 0.6) is 0 Å². The highest BCUT2D eigenvalue weighted by Crippen LogP contribution is 2.39. The Morgan fingerprint density at radius 2 is 1.84 bits per heavy atom. The molecule has 0 aliphatic heterocycles. The van der Waals surface area contributed by atoms with Gasteiger partial charge in [-0.1, -0.05) is 12.1 Å². The highest BCUT2D eigenvalue weighted by Gasteiger charge is 2.41.